The standard InChI is InChI=1S/C12H21NO/c1-10(2)5-6-11(7-8-13)12-4-3-9-14-12/h3-4,9-11H,5-8,13H2,1-2H3/p+1/t11-/m1/s1. The van der Waals surface area contributed by atoms with Gasteiger partial charge in [-0.2, -0.15) is 0 Å². The second-order valence-electron chi connectivity index (χ2n) is 4.33. The highest BCUT2D eigenvalue weighted by Gasteiger charge is 2.14. The van der Waals surface area contributed by atoms with Gasteiger partial charge in [0.1, 0.15) is 5.76 Å². The van der Waals surface area contributed by atoms with Crippen molar-refractivity contribution in [1.82, 2.24) is 0 Å². The summed E-state index contributed by atoms with van der Waals surface area (Å²) < 4.78 is 5.45. The van der Waals surface area contributed by atoms with Gasteiger partial charge in [-0.15, -0.1) is 0 Å². The van der Waals surface area contributed by atoms with Gasteiger partial charge in [0, 0.05) is 12.3 Å². The van der Waals surface area contributed by atoms with E-state index in [1.165, 1.54) is 12.8 Å². The second-order valence-corrected chi connectivity index (χ2v) is 4.33. The third kappa shape index (κ3) is 3.54. The Balaban J connectivity index is 2.47. The molecule has 80 valence electrons. The molecule has 0 aliphatic carbocycles. The Morgan fingerprint density at radius 3 is 2.57 bits per heavy atom. The monoisotopic (exact) mass is 196 g/mol. The maximum Gasteiger partial charge on any atom is 0.107 e. The Labute approximate surface area is 86.5 Å². The maximum absolute atomic E-state index is 5.45. The SMILES string of the molecule is CC(C)CC[C@H](CC[NH3+])c1ccco1. The van der Waals surface area contributed by atoms with Crippen molar-refractivity contribution >= 4 is 0 Å². The first-order valence-corrected chi connectivity index (χ1v) is 5.56. The number of hydrogen-bond acceptors (Lipinski definition) is 1. The molecule has 0 amide bonds. The maximum atomic E-state index is 5.45. The second kappa shape index (κ2) is 5.86. The predicted octanol–water partition coefficient (Wildman–Crippen LogP) is 2.43. The highest BCUT2D eigenvalue weighted by atomic mass is 16.3. The fourth-order valence-corrected chi connectivity index (χ4v) is 1.73. The Morgan fingerprint density at radius 2 is 2.07 bits per heavy atom. The minimum atomic E-state index is 0.574. The Morgan fingerprint density at radius 1 is 1.29 bits per heavy atom. The lowest BCUT2D eigenvalue weighted by molar-refractivity contribution is -0.369. The van der Waals surface area contributed by atoms with Gasteiger partial charge in [-0.1, -0.05) is 20.3 Å². The van der Waals surface area contributed by atoms with Crippen LogP contribution in [0.3, 0.4) is 0 Å². The van der Waals surface area contributed by atoms with Crippen LogP contribution in [0.25, 0.3) is 0 Å². The van der Waals surface area contributed by atoms with E-state index in [0.29, 0.717) is 5.92 Å². The summed E-state index contributed by atoms with van der Waals surface area (Å²) in [4.78, 5) is 0. The first kappa shape index (κ1) is 11.3. The average Bonchev–Trinajstić information content (AvgIpc) is 2.64. The summed E-state index contributed by atoms with van der Waals surface area (Å²) in [6.45, 7) is 5.52. The third-order valence-corrected chi connectivity index (χ3v) is 2.59. The lowest BCUT2D eigenvalue weighted by Gasteiger charge is -2.13. The molecule has 0 bridgehead atoms. The minimum Gasteiger partial charge on any atom is -0.469 e. The van der Waals surface area contributed by atoms with E-state index in [9.17, 15) is 0 Å². The Bertz CT molecular complexity index is 228. The van der Waals surface area contributed by atoms with Gasteiger partial charge in [0.05, 0.1) is 12.8 Å². The molecule has 0 spiro atoms. The van der Waals surface area contributed by atoms with Crippen molar-refractivity contribution in [3.05, 3.63) is 24.2 Å². The van der Waals surface area contributed by atoms with Crippen molar-refractivity contribution in [3.8, 4) is 0 Å². The molecule has 0 unspecified atom stereocenters. The zero-order valence-corrected chi connectivity index (χ0v) is 9.33. The topological polar surface area (TPSA) is 40.8 Å². The zero-order chi connectivity index (χ0) is 10.4. The molecule has 2 heteroatoms. The van der Waals surface area contributed by atoms with Crippen LogP contribution in [0.2, 0.25) is 0 Å². The van der Waals surface area contributed by atoms with Gasteiger partial charge < -0.3 is 10.2 Å². The average molecular weight is 196 g/mol. The summed E-state index contributed by atoms with van der Waals surface area (Å²) in [5, 5.41) is 0. The van der Waals surface area contributed by atoms with E-state index in [4.69, 9.17) is 4.42 Å². The summed E-state index contributed by atoms with van der Waals surface area (Å²) in [6.07, 6.45) is 5.40. The van der Waals surface area contributed by atoms with Crippen LogP contribution in [0.1, 0.15) is 44.8 Å². The highest BCUT2D eigenvalue weighted by Crippen LogP contribution is 2.26. The van der Waals surface area contributed by atoms with Crippen LogP contribution in [-0.4, -0.2) is 6.54 Å². The molecule has 0 saturated carbocycles. The van der Waals surface area contributed by atoms with E-state index in [-0.39, 0.29) is 0 Å². The molecule has 1 heterocycles. The van der Waals surface area contributed by atoms with Crippen molar-refractivity contribution in [1.29, 1.82) is 0 Å². The molecule has 0 aliphatic heterocycles. The fraction of sp³-hybridized carbons (Fsp3) is 0.667. The van der Waals surface area contributed by atoms with Crippen molar-refractivity contribution < 1.29 is 10.2 Å². The van der Waals surface area contributed by atoms with E-state index in [1.54, 1.807) is 6.26 Å². The first-order valence-electron chi connectivity index (χ1n) is 5.56. The molecule has 2 nitrogen and oxygen atoms in total. The van der Waals surface area contributed by atoms with Gasteiger partial charge in [0.15, 0.2) is 0 Å². The fourth-order valence-electron chi connectivity index (χ4n) is 1.73. The van der Waals surface area contributed by atoms with E-state index in [1.807, 2.05) is 6.07 Å². The van der Waals surface area contributed by atoms with Crippen LogP contribution in [-0.2, 0) is 0 Å². The van der Waals surface area contributed by atoms with Crippen molar-refractivity contribution in [2.24, 2.45) is 5.92 Å². The van der Waals surface area contributed by atoms with Gasteiger partial charge in [0.2, 0.25) is 0 Å². The Hall–Kier alpha value is -0.760. The third-order valence-electron chi connectivity index (χ3n) is 2.59. The lowest BCUT2D eigenvalue weighted by Crippen LogP contribution is -2.50. The number of hydrogen-bond donors (Lipinski definition) is 1. The number of rotatable bonds is 6. The molecular formula is C12H22NO+. The molecule has 0 aliphatic rings. The van der Waals surface area contributed by atoms with Gasteiger partial charge in [-0.05, 0) is 24.5 Å². The summed E-state index contributed by atoms with van der Waals surface area (Å²) in [7, 11) is 0. The van der Waals surface area contributed by atoms with E-state index >= 15 is 0 Å². The van der Waals surface area contributed by atoms with Gasteiger partial charge in [-0.3, -0.25) is 0 Å². The first-order chi connectivity index (χ1) is 6.74. The normalized spacial score (nSPS) is 13.4. The van der Waals surface area contributed by atoms with Crippen LogP contribution in [0.15, 0.2) is 22.8 Å². The van der Waals surface area contributed by atoms with Gasteiger partial charge >= 0.3 is 0 Å². The summed E-state index contributed by atoms with van der Waals surface area (Å²) in [5.41, 5.74) is 3.92. The molecule has 1 aromatic heterocycles. The van der Waals surface area contributed by atoms with Crippen LogP contribution >= 0.6 is 0 Å². The predicted molar refractivity (Wildman–Crippen MR) is 57.9 cm³/mol. The van der Waals surface area contributed by atoms with Crippen molar-refractivity contribution in [2.45, 2.75) is 39.0 Å². The van der Waals surface area contributed by atoms with E-state index in [0.717, 1.165) is 24.6 Å². The lowest BCUT2D eigenvalue weighted by atomic mass is 9.93. The van der Waals surface area contributed by atoms with E-state index < -0.39 is 0 Å². The van der Waals surface area contributed by atoms with Gasteiger partial charge in [-0.25, -0.2) is 0 Å². The quantitative estimate of drug-likeness (QED) is 0.746. The molecule has 3 N–H and O–H groups in total. The zero-order valence-electron chi connectivity index (χ0n) is 9.33. The van der Waals surface area contributed by atoms with Crippen LogP contribution in [0.4, 0.5) is 0 Å². The number of quaternary nitrogens is 1. The van der Waals surface area contributed by atoms with E-state index in [2.05, 4.69) is 25.6 Å². The van der Waals surface area contributed by atoms with Crippen LogP contribution < -0.4 is 5.73 Å². The highest BCUT2D eigenvalue weighted by molar-refractivity contribution is 5.05. The molecule has 0 radical (unpaired) electrons. The minimum absolute atomic E-state index is 0.574. The molecule has 1 atom stereocenters. The molecule has 0 fully saturated rings. The summed E-state index contributed by atoms with van der Waals surface area (Å²) in [6, 6.07) is 4.06. The summed E-state index contributed by atoms with van der Waals surface area (Å²) in [5.74, 6) is 2.48. The number of furan rings is 1. The molecule has 0 saturated heterocycles. The molecular weight excluding hydrogens is 174 g/mol. The van der Waals surface area contributed by atoms with Crippen molar-refractivity contribution in [2.75, 3.05) is 6.54 Å². The molecule has 1 aromatic rings. The smallest absolute Gasteiger partial charge is 0.107 e. The Kier molecular flexibility index (Phi) is 4.74. The molecule has 1 rings (SSSR count). The van der Waals surface area contributed by atoms with Crippen LogP contribution in [0.5, 0.6) is 0 Å². The summed E-state index contributed by atoms with van der Waals surface area (Å²) >= 11 is 0. The van der Waals surface area contributed by atoms with Crippen LogP contribution in [0, 0.1) is 5.92 Å². The largest absolute Gasteiger partial charge is 0.469 e. The van der Waals surface area contributed by atoms with Gasteiger partial charge in [0.25, 0.3) is 0 Å². The molecule has 0 aromatic carbocycles. The molecule has 14 heavy (non-hydrogen) atoms. The van der Waals surface area contributed by atoms with Crippen molar-refractivity contribution in [3.63, 3.8) is 0 Å².